The second-order valence-electron chi connectivity index (χ2n) is 3.87. The van der Waals surface area contributed by atoms with Crippen molar-refractivity contribution in [3.8, 4) is 0 Å². The van der Waals surface area contributed by atoms with E-state index >= 15 is 0 Å². The predicted molar refractivity (Wildman–Crippen MR) is 55.9 cm³/mol. The van der Waals surface area contributed by atoms with Crippen LogP contribution >= 0.6 is 0 Å². The van der Waals surface area contributed by atoms with Gasteiger partial charge in [-0.05, 0) is 12.8 Å². The van der Waals surface area contributed by atoms with E-state index in [2.05, 4.69) is 14.5 Å². The monoisotopic (exact) mass is 194 g/mol. The van der Waals surface area contributed by atoms with Crippen LogP contribution in [0.3, 0.4) is 0 Å². The second-order valence-corrected chi connectivity index (χ2v) is 3.87. The van der Waals surface area contributed by atoms with Gasteiger partial charge < -0.3 is 10.3 Å². The molecule has 2 heterocycles. The van der Waals surface area contributed by atoms with Crippen LogP contribution in [0, 0.1) is 0 Å². The molecule has 1 aromatic heterocycles. The number of hydrogen-bond donors (Lipinski definition) is 1. The van der Waals surface area contributed by atoms with Gasteiger partial charge in [0.1, 0.15) is 0 Å². The fraction of sp³-hybridized carbons (Fsp3) is 0.700. The first kappa shape index (κ1) is 9.68. The minimum atomic E-state index is 0.651. The zero-order valence-corrected chi connectivity index (χ0v) is 8.47. The summed E-state index contributed by atoms with van der Waals surface area (Å²) in [5, 5.41) is 0. The van der Waals surface area contributed by atoms with E-state index in [0.717, 1.165) is 13.1 Å². The molecule has 0 amide bonds. The van der Waals surface area contributed by atoms with Crippen LogP contribution in [0.5, 0.6) is 0 Å². The first-order valence-corrected chi connectivity index (χ1v) is 5.30. The molecule has 4 heteroatoms. The van der Waals surface area contributed by atoms with E-state index < -0.39 is 0 Å². The van der Waals surface area contributed by atoms with Crippen molar-refractivity contribution in [1.29, 1.82) is 0 Å². The second kappa shape index (κ2) is 4.57. The van der Waals surface area contributed by atoms with Gasteiger partial charge in [-0.2, -0.15) is 0 Å². The van der Waals surface area contributed by atoms with Gasteiger partial charge in [0.05, 0.1) is 6.33 Å². The highest BCUT2D eigenvalue weighted by molar-refractivity contribution is 4.83. The Balaban J connectivity index is 1.64. The Morgan fingerprint density at radius 3 is 2.93 bits per heavy atom. The first-order chi connectivity index (χ1) is 6.90. The third kappa shape index (κ3) is 2.13. The summed E-state index contributed by atoms with van der Waals surface area (Å²) in [5.74, 6) is 0. The van der Waals surface area contributed by atoms with Gasteiger partial charge in [-0.25, -0.2) is 4.98 Å². The molecule has 0 bridgehead atoms. The molecular weight excluding hydrogens is 176 g/mol. The zero-order chi connectivity index (χ0) is 9.80. The maximum Gasteiger partial charge on any atom is 0.0945 e. The molecule has 2 N–H and O–H groups in total. The fourth-order valence-corrected chi connectivity index (χ4v) is 1.93. The Morgan fingerprint density at radius 2 is 2.36 bits per heavy atom. The quantitative estimate of drug-likeness (QED) is 0.733. The highest BCUT2D eigenvalue weighted by Gasteiger charge is 2.25. The number of rotatable bonds is 5. The van der Waals surface area contributed by atoms with E-state index in [1.807, 2.05) is 18.7 Å². The lowest BCUT2D eigenvalue weighted by Crippen LogP contribution is -2.51. The van der Waals surface area contributed by atoms with Crippen molar-refractivity contribution in [3.63, 3.8) is 0 Å². The Bertz CT molecular complexity index is 255. The van der Waals surface area contributed by atoms with Gasteiger partial charge in [0.25, 0.3) is 0 Å². The molecule has 1 aromatic rings. The molecule has 0 spiro atoms. The first-order valence-electron chi connectivity index (χ1n) is 5.30. The van der Waals surface area contributed by atoms with Gasteiger partial charge in [0.2, 0.25) is 0 Å². The lowest BCUT2D eigenvalue weighted by Gasteiger charge is -2.40. The van der Waals surface area contributed by atoms with Gasteiger partial charge in [-0.1, -0.05) is 0 Å². The third-order valence-electron chi connectivity index (χ3n) is 2.96. The molecular formula is C10H18N4. The highest BCUT2D eigenvalue weighted by Crippen LogP contribution is 2.15. The number of hydrogen-bond acceptors (Lipinski definition) is 3. The van der Waals surface area contributed by atoms with Crippen LogP contribution in [0.2, 0.25) is 0 Å². The molecule has 1 fully saturated rings. The smallest absolute Gasteiger partial charge is 0.0945 e. The van der Waals surface area contributed by atoms with Crippen molar-refractivity contribution in [1.82, 2.24) is 14.5 Å². The van der Waals surface area contributed by atoms with Crippen LogP contribution in [-0.4, -0.2) is 40.1 Å². The maximum atomic E-state index is 5.63. The van der Waals surface area contributed by atoms with E-state index in [9.17, 15) is 0 Å². The molecule has 0 radical (unpaired) electrons. The van der Waals surface area contributed by atoms with E-state index in [1.54, 1.807) is 0 Å². The number of nitrogens with two attached hydrogens (primary N) is 1. The van der Waals surface area contributed by atoms with Gasteiger partial charge in [0.15, 0.2) is 0 Å². The molecule has 0 saturated carbocycles. The highest BCUT2D eigenvalue weighted by atomic mass is 15.2. The van der Waals surface area contributed by atoms with Crippen molar-refractivity contribution in [2.75, 3.05) is 19.6 Å². The third-order valence-corrected chi connectivity index (χ3v) is 2.96. The Hall–Kier alpha value is -0.870. The van der Waals surface area contributed by atoms with Crippen molar-refractivity contribution >= 4 is 0 Å². The molecule has 4 nitrogen and oxygen atoms in total. The molecule has 1 aliphatic heterocycles. The molecule has 2 rings (SSSR count). The number of imidazole rings is 1. The lowest BCUT2D eigenvalue weighted by atomic mass is 10.0. The topological polar surface area (TPSA) is 47.1 Å². The Morgan fingerprint density at radius 1 is 1.43 bits per heavy atom. The van der Waals surface area contributed by atoms with Crippen LogP contribution in [0.25, 0.3) is 0 Å². The van der Waals surface area contributed by atoms with Gasteiger partial charge in [0, 0.05) is 44.6 Å². The largest absolute Gasteiger partial charge is 0.337 e. The average molecular weight is 194 g/mol. The van der Waals surface area contributed by atoms with Crippen LogP contribution in [0.1, 0.15) is 12.8 Å². The number of aryl methyl sites for hydroxylation is 1. The van der Waals surface area contributed by atoms with Crippen LogP contribution in [0.15, 0.2) is 18.7 Å². The summed E-state index contributed by atoms with van der Waals surface area (Å²) in [4.78, 5) is 6.48. The summed E-state index contributed by atoms with van der Waals surface area (Å²) >= 11 is 0. The van der Waals surface area contributed by atoms with E-state index in [1.165, 1.54) is 25.9 Å². The van der Waals surface area contributed by atoms with Gasteiger partial charge >= 0.3 is 0 Å². The van der Waals surface area contributed by atoms with Crippen molar-refractivity contribution in [3.05, 3.63) is 18.7 Å². The van der Waals surface area contributed by atoms with Crippen molar-refractivity contribution < 1.29 is 0 Å². The molecule has 0 aromatic carbocycles. The summed E-state index contributed by atoms with van der Waals surface area (Å²) in [6.07, 6.45) is 8.17. The van der Waals surface area contributed by atoms with E-state index in [-0.39, 0.29) is 0 Å². The zero-order valence-electron chi connectivity index (χ0n) is 8.47. The van der Waals surface area contributed by atoms with Crippen molar-refractivity contribution in [2.45, 2.75) is 25.4 Å². The summed E-state index contributed by atoms with van der Waals surface area (Å²) < 4.78 is 2.12. The molecule has 14 heavy (non-hydrogen) atoms. The van der Waals surface area contributed by atoms with Crippen LogP contribution in [0.4, 0.5) is 0 Å². The maximum absolute atomic E-state index is 5.63. The molecule has 1 aliphatic rings. The fourth-order valence-electron chi connectivity index (χ4n) is 1.93. The summed E-state index contributed by atoms with van der Waals surface area (Å²) in [6.45, 7) is 4.27. The van der Waals surface area contributed by atoms with Gasteiger partial charge in [-0.3, -0.25) is 4.90 Å². The number of nitrogens with zero attached hydrogens (tertiary/aromatic N) is 3. The SMILES string of the molecule is NCC1CCN1CCCn1ccnc1. The van der Waals surface area contributed by atoms with Crippen LogP contribution in [-0.2, 0) is 6.54 Å². The Labute approximate surface area is 84.7 Å². The molecule has 0 aliphatic carbocycles. The van der Waals surface area contributed by atoms with E-state index in [4.69, 9.17) is 5.73 Å². The molecule has 78 valence electrons. The van der Waals surface area contributed by atoms with E-state index in [0.29, 0.717) is 6.04 Å². The normalized spacial score (nSPS) is 22.2. The summed E-state index contributed by atoms with van der Waals surface area (Å²) in [5.41, 5.74) is 5.63. The molecule has 1 atom stereocenters. The minimum absolute atomic E-state index is 0.651. The number of likely N-dealkylation sites (tertiary alicyclic amines) is 1. The average Bonchev–Trinajstić information content (AvgIpc) is 2.64. The predicted octanol–water partition coefficient (Wildman–Crippen LogP) is 0.306. The number of aromatic nitrogens is 2. The minimum Gasteiger partial charge on any atom is -0.337 e. The van der Waals surface area contributed by atoms with Gasteiger partial charge in [-0.15, -0.1) is 0 Å². The summed E-state index contributed by atoms with van der Waals surface area (Å²) in [7, 11) is 0. The lowest BCUT2D eigenvalue weighted by molar-refractivity contribution is 0.0939. The standard InChI is InChI=1S/C10H18N4/c11-8-10-2-6-14(10)5-1-4-13-7-3-12-9-13/h3,7,9-10H,1-2,4-6,8,11H2. The molecule has 1 saturated heterocycles. The van der Waals surface area contributed by atoms with Crippen LogP contribution < -0.4 is 5.73 Å². The molecule has 1 unspecified atom stereocenters. The Kier molecular flexibility index (Phi) is 3.16. The summed E-state index contributed by atoms with van der Waals surface area (Å²) in [6, 6.07) is 0.651. The van der Waals surface area contributed by atoms with Crippen molar-refractivity contribution in [2.24, 2.45) is 5.73 Å².